The Kier molecular flexibility index (Phi) is 31.2. The summed E-state index contributed by atoms with van der Waals surface area (Å²) in [7, 11) is 0. The SMILES string of the molecule is O=C(CCC(=O)NCC(CO)(CO)CNC(=O)CCC(=O)N=C1C(I)=C(C(=O)NCC(O)CO)C(I)=C(C(=O)NCC(O)CO)C1I)N=C1C(I)=C(C(=O)NCC(O)CO)C(I)=C(C(=O)NCC(O)CO)C1I. The van der Waals surface area contributed by atoms with Crippen LogP contribution >= 0.6 is 136 Å². The van der Waals surface area contributed by atoms with Crippen molar-refractivity contribution in [3.63, 3.8) is 0 Å². The molecule has 0 bridgehead atoms. The second-order valence-electron chi connectivity index (χ2n) is 15.9. The van der Waals surface area contributed by atoms with Crippen LogP contribution in [0.1, 0.15) is 25.7 Å². The van der Waals surface area contributed by atoms with Crippen molar-refractivity contribution in [2.24, 2.45) is 15.4 Å². The van der Waals surface area contributed by atoms with Crippen molar-refractivity contribution in [3.05, 3.63) is 36.6 Å². The van der Waals surface area contributed by atoms with E-state index in [0.717, 1.165) is 0 Å². The van der Waals surface area contributed by atoms with Gasteiger partial charge in [-0.2, -0.15) is 0 Å². The van der Waals surface area contributed by atoms with E-state index in [4.69, 9.17) is 0 Å². The van der Waals surface area contributed by atoms with Crippen molar-refractivity contribution < 1.29 is 89.4 Å². The Labute approximate surface area is 498 Å². The number of halogens is 6. The fourth-order valence-corrected chi connectivity index (χ4v) is 15.4. The van der Waals surface area contributed by atoms with Gasteiger partial charge in [-0.3, -0.25) is 38.4 Å². The third-order valence-corrected chi connectivity index (χ3v) is 17.0. The maximum absolute atomic E-state index is 13.3. The standard InChI is InChI=1S/C41H54I6N8O18/c42-29-25(37(70)48-5-17(62)9-56)31(44)35(32(45)26(29)38(71)49-6-18(63)10-57)54-23(68)3-1-21(66)52-13-41(15-60,16-61)14-53-22(67)2-4-24(69)55-36-33(46)27(39(72)50-7-19(64)11-58)30(43)28(34(36)47)40(73)51-8-20(65)12-59/h17-20,31,33,56-65H,1-16H2,(H,48,70)(H,49,71)(H,50,72)(H,51,73)(H,52,66)(H,53,67). The van der Waals surface area contributed by atoms with Crippen molar-refractivity contribution in [3.8, 4) is 0 Å². The summed E-state index contributed by atoms with van der Waals surface area (Å²) in [5.74, 6) is -6.21. The van der Waals surface area contributed by atoms with Gasteiger partial charge in [-0.1, -0.05) is 45.2 Å². The number of alkyl halides is 2. The third-order valence-electron chi connectivity index (χ3n) is 10.2. The molecule has 6 atom stereocenters. The van der Waals surface area contributed by atoms with Crippen LogP contribution in [0, 0.1) is 5.41 Å². The summed E-state index contributed by atoms with van der Waals surface area (Å²) < 4.78 is -1.29. The molecule has 2 aliphatic rings. The van der Waals surface area contributed by atoms with Crippen molar-refractivity contribution in [2.75, 3.05) is 78.9 Å². The van der Waals surface area contributed by atoms with Crippen LogP contribution in [0.25, 0.3) is 0 Å². The highest BCUT2D eigenvalue weighted by atomic mass is 127. The maximum atomic E-state index is 13.3. The lowest BCUT2D eigenvalue weighted by atomic mass is 9.89. The van der Waals surface area contributed by atoms with Gasteiger partial charge in [-0.25, -0.2) is 9.98 Å². The molecular formula is C41H54I6N8O18. The van der Waals surface area contributed by atoms with Crippen molar-refractivity contribution in [2.45, 2.75) is 57.9 Å². The Bertz CT molecular complexity index is 2120. The molecule has 2 aliphatic carbocycles. The number of rotatable bonds is 28. The Morgan fingerprint density at radius 1 is 0.452 bits per heavy atom. The van der Waals surface area contributed by atoms with Gasteiger partial charge in [-0.05, 0) is 90.4 Å². The Hall–Kier alpha value is -1.56. The summed E-state index contributed by atoms with van der Waals surface area (Å²) in [6, 6.07) is 0. The van der Waals surface area contributed by atoms with E-state index in [-0.39, 0.29) is 74.2 Å². The molecule has 0 aromatic heterocycles. The number of nitrogens with zero attached hydrogens (tertiary/aromatic N) is 2. The number of aliphatic imine (C=N–C) groups is 2. The molecule has 16 N–H and O–H groups in total. The molecule has 6 unspecified atom stereocenters. The van der Waals surface area contributed by atoms with E-state index >= 15 is 0 Å². The van der Waals surface area contributed by atoms with Crippen LogP contribution in [0.15, 0.2) is 46.6 Å². The fraction of sp³-hybridized carbons (Fsp3) is 0.561. The number of nitrogens with one attached hydrogen (secondary N) is 6. The van der Waals surface area contributed by atoms with E-state index in [1.54, 1.807) is 90.4 Å². The summed E-state index contributed by atoms with van der Waals surface area (Å²) in [6.07, 6.45) is -7.12. The molecule has 32 heteroatoms. The number of carbonyl (C=O) groups excluding carboxylic acids is 8. The number of hydrogen-bond acceptors (Lipinski definition) is 18. The second-order valence-corrected chi connectivity index (χ2v) is 22.7. The number of amides is 8. The topological polar surface area (TPSA) is 436 Å². The van der Waals surface area contributed by atoms with Crippen LogP contribution in [-0.4, -0.2) is 221 Å². The molecular weight excluding hydrogens is 1650 g/mol. The molecule has 8 amide bonds. The molecule has 0 radical (unpaired) electrons. The minimum absolute atomic E-state index is 0.0264. The van der Waals surface area contributed by atoms with Crippen LogP contribution in [0.2, 0.25) is 0 Å². The minimum atomic E-state index is -1.54. The van der Waals surface area contributed by atoms with E-state index in [9.17, 15) is 89.4 Å². The van der Waals surface area contributed by atoms with Gasteiger partial charge < -0.3 is 83.0 Å². The average molecular weight is 1710 g/mol. The monoisotopic (exact) mass is 1710 g/mol. The van der Waals surface area contributed by atoms with Crippen LogP contribution < -0.4 is 31.9 Å². The van der Waals surface area contributed by atoms with Crippen molar-refractivity contribution >= 4 is 194 Å². The minimum Gasteiger partial charge on any atom is -0.396 e. The van der Waals surface area contributed by atoms with E-state index in [1.807, 2.05) is 45.2 Å². The molecule has 0 fully saturated rings. The zero-order valence-corrected chi connectivity index (χ0v) is 51.1. The summed E-state index contributed by atoms with van der Waals surface area (Å²) in [4.78, 5) is 114. The lowest BCUT2D eigenvalue weighted by molar-refractivity contribution is -0.126. The normalized spacial score (nSPS) is 19.1. The molecule has 73 heavy (non-hydrogen) atoms. The largest absolute Gasteiger partial charge is 0.396 e. The van der Waals surface area contributed by atoms with Crippen molar-refractivity contribution in [1.29, 1.82) is 0 Å². The number of aliphatic hydroxyl groups excluding tert-OH is 10. The van der Waals surface area contributed by atoms with Crippen molar-refractivity contribution in [1.82, 2.24) is 31.9 Å². The Morgan fingerprint density at radius 2 is 0.740 bits per heavy atom. The molecule has 0 spiro atoms. The predicted octanol–water partition coefficient (Wildman–Crippen LogP) is -4.05. The first-order valence-corrected chi connectivity index (χ1v) is 28.3. The lowest BCUT2D eigenvalue weighted by Crippen LogP contribution is -2.50. The molecule has 0 aliphatic heterocycles. The molecule has 0 saturated carbocycles. The van der Waals surface area contributed by atoms with Gasteiger partial charge in [0.15, 0.2) is 0 Å². The van der Waals surface area contributed by atoms with E-state index in [0.29, 0.717) is 0 Å². The number of aliphatic hydroxyl groups is 10. The second kappa shape index (κ2) is 33.7. The number of hydrogen-bond donors (Lipinski definition) is 16. The lowest BCUT2D eigenvalue weighted by Gasteiger charge is -2.30. The highest BCUT2D eigenvalue weighted by Crippen LogP contribution is 2.41. The first-order valence-electron chi connectivity index (χ1n) is 21.5. The third kappa shape index (κ3) is 20.6. The van der Waals surface area contributed by atoms with Gasteiger partial charge in [0.25, 0.3) is 11.8 Å². The predicted molar refractivity (Wildman–Crippen MR) is 310 cm³/mol. The highest BCUT2D eigenvalue weighted by molar-refractivity contribution is 14.1. The number of carbonyl (C=O) groups is 8. The summed E-state index contributed by atoms with van der Waals surface area (Å²) >= 11 is 10.7. The zero-order valence-electron chi connectivity index (χ0n) is 38.2. The molecule has 26 nitrogen and oxygen atoms in total. The van der Waals surface area contributed by atoms with Crippen LogP contribution in [-0.2, 0) is 38.4 Å². The first-order chi connectivity index (χ1) is 34.4. The number of allylic oxidation sites excluding steroid dienone is 2. The van der Waals surface area contributed by atoms with Crippen LogP contribution in [0.4, 0.5) is 0 Å². The summed E-state index contributed by atoms with van der Waals surface area (Å²) in [5.41, 5.74) is -1.83. The fourth-order valence-electron chi connectivity index (χ4n) is 5.85. The van der Waals surface area contributed by atoms with Gasteiger partial charge in [0.05, 0.1) is 99.9 Å². The van der Waals surface area contributed by atoms with E-state index < -0.39 is 163 Å². The van der Waals surface area contributed by atoms with Gasteiger partial charge >= 0.3 is 0 Å². The van der Waals surface area contributed by atoms with Gasteiger partial charge in [-0.15, -0.1) is 0 Å². The maximum Gasteiger partial charge on any atom is 0.253 e. The molecule has 408 valence electrons. The Balaban J connectivity index is 2.18. The molecule has 0 heterocycles. The van der Waals surface area contributed by atoms with Crippen LogP contribution in [0.3, 0.4) is 0 Å². The smallest absolute Gasteiger partial charge is 0.253 e. The van der Waals surface area contributed by atoms with Gasteiger partial charge in [0.2, 0.25) is 35.4 Å². The Morgan fingerprint density at radius 3 is 1.01 bits per heavy atom. The van der Waals surface area contributed by atoms with Gasteiger partial charge in [0, 0.05) is 90.4 Å². The van der Waals surface area contributed by atoms with E-state index in [1.165, 1.54) is 0 Å². The zero-order chi connectivity index (χ0) is 55.3. The first kappa shape index (κ1) is 67.5. The summed E-state index contributed by atoms with van der Waals surface area (Å²) in [6.45, 7) is -6.36. The molecule has 0 saturated heterocycles. The van der Waals surface area contributed by atoms with E-state index in [2.05, 4.69) is 41.9 Å². The molecule has 2 rings (SSSR count). The highest BCUT2D eigenvalue weighted by Gasteiger charge is 2.40. The molecule has 0 aromatic carbocycles. The quantitative estimate of drug-likeness (QED) is 0.0262. The van der Waals surface area contributed by atoms with Gasteiger partial charge in [0.1, 0.15) is 0 Å². The average Bonchev–Trinajstić information content (AvgIpc) is 3.36. The van der Waals surface area contributed by atoms with Crippen LogP contribution in [0.5, 0.6) is 0 Å². The summed E-state index contributed by atoms with van der Waals surface area (Å²) in [5, 5.41) is 111. The molecule has 0 aromatic rings.